The van der Waals surface area contributed by atoms with Crippen molar-refractivity contribution in [3.05, 3.63) is 15.3 Å². The zero-order chi connectivity index (χ0) is 9.42. The van der Waals surface area contributed by atoms with Crippen molar-refractivity contribution < 1.29 is 14.6 Å². The molecule has 0 radical (unpaired) electrons. The molecule has 13 heavy (non-hydrogen) atoms. The minimum Gasteiger partial charge on any atom is -0.477 e. The molecule has 1 aromatic heterocycles. The Bertz CT molecular complexity index is 359. The lowest BCUT2D eigenvalue weighted by atomic mass is 10.1. The van der Waals surface area contributed by atoms with Crippen molar-refractivity contribution in [2.45, 2.75) is 13.0 Å². The number of carbonyl (C=O) groups is 1. The van der Waals surface area contributed by atoms with Gasteiger partial charge in [-0.3, -0.25) is 0 Å². The van der Waals surface area contributed by atoms with Crippen LogP contribution in [0.15, 0.2) is 0 Å². The molecule has 5 heteroatoms. The number of anilines is 1. The molecule has 0 aromatic carbocycles. The zero-order valence-electron chi connectivity index (χ0n) is 6.87. The quantitative estimate of drug-likeness (QED) is 0.710. The Morgan fingerprint density at radius 2 is 2.38 bits per heavy atom. The summed E-state index contributed by atoms with van der Waals surface area (Å²) < 4.78 is 5.20. The number of fused-ring (bicyclic) bond motifs is 1. The van der Waals surface area contributed by atoms with E-state index in [2.05, 4.69) is 0 Å². The first-order chi connectivity index (χ1) is 6.20. The van der Waals surface area contributed by atoms with Crippen LogP contribution < -0.4 is 5.73 Å². The number of nitrogens with two attached hydrogens (primary N) is 1. The van der Waals surface area contributed by atoms with Gasteiger partial charge in [0.15, 0.2) is 0 Å². The third-order valence-corrected chi connectivity index (χ3v) is 3.34. The molecular weight excluding hydrogens is 190 g/mol. The van der Waals surface area contributed by atoms with Crippen molar-refractivity contribution in [3.63, 3.8) is 0 Å². The number of carboxylic acid groups (broad SMARTS) is 1. The summed E-state index contributed by atoms with van der Waals surface area (Å²) in [5.74, 6) is -0.947. The molecule has 0 amide bonds. The lowest BCUT2D eigenvalue weighted by molar-refractivity contribution is 0.0703. The van der Waals surface area contributed by atoms with E-state index in [-0.39, 0.29) is 4.88 Å². The van der Waals surface area contributed by atoms with E-state index in [0.29, 0.717) is 18.9 Å². The predicted octanol–water partition coefficient (Wildman–Crippen LogP) is 1.10. The zero-order valence-corrected chi connectivity index (χ0v) is 7.69. The minimum atomic E-state index is -0.947. The Morgan fingerprint density at radius 3 is 3.00 bits per heavy atom. The minimum absolute atomic E-state index is 0.246. The first-order valence-corrected chi connectivity index (χ1v) is 4.73. The molecule has 0 saturated carbocycles. The molecule has 2 rings (SSSR count). The number of carboxylic acids is 1. The summed E-state index contributed by atoms with van der Waals surface area (Å²) in [7, 11) is 0. The highest BCUT2D eigenvalue weighted by Crippen LogP contribution is 2.34. The van der Waals surface area contributed by atoms with Gasteiger partial charge in [-0.2, -0.15) is 0 Å². The molecular formula is C8H9NO3S. The highest BCUT2D eigenvalue weighted by atomic mass is 32.1. The topological polar surface area (TPSA) is 72.6 Å². The van der Waals surface area contributed by atoms with Crippen LogP contribution in [0.3, 0.4) is 0 Å². The maximum Gasteiger partial charge on any atom is 0.348 e. The van der Waals surface area contributed by atoms with Gasteiger partial charge in [-0.05, 0) is 0 Å². The second kappa shape index (κ2) is 3.01. The Balaban J connectivity index is 2.50. The fourth-order valence-corrected chi connectivity index (χ4v) is 2.43. The Hall–Kier alpha value is -1.07. The van der Waals surface area contributed by atoms with E-state index in [1.54, 1.807) is 0 Å². The number of thiophene rings is 1. The molecule has 0 aliphatic carbocycles. The van der Waals surface area contributed by atoms with Crippen LogP contribution in [0.5, 0.6) is 0 Å². The Morgan fingerprint density at radius 1 is 1.62 bits per heavy atom. The van der Waals surface area contributed by atoms with E-state index < -0.39 is 5.97 Å². The van der Waals surface area contributed by atoms with Crippen molar-refractivity contribution in [2.75, 3.05) is 12.3 Å². The largest absolute Gasteiger partial charge is 0.477 e. The average Bonchev–Trinajstić information content (AvgIpc) is 2.45. The van der Waals surface area contributed by atoms with Gasteiger partial charge in [0.25, 0.3) is 0 Å². The van der Waals surface area contributed by atoms with E-state index in [4.69, 9.17) is 15.6 Å². The number of rotatable bonds is 1. The van der Waals surface area contributed by atoms with Gasteiger partial charge < -0.3 is 15.6 Å². The highest BCUT2D eigenvalue weighted by Gasteiger charge is 2.22. The predicted molar refractivity (Wildman–Crippen MR) is 49.1 cm³/mol. The molecule has 0 bridgehead atoms. The third-order valence-electron chi connectivity index (χ3n) is 2.05. The standard InChI is InChI=1S/C8H9NO3S/c9-6-4-3-12-2-1-5(4)13-7(6)8(10)11/h1-3,9H2,(H,10,11). The molecule has 0 saturated heterocycles. The Labute approximate surface area is 78.9 Å². The van der Waals surface area contributed by atoms with Crippen LogP contribution >= 0.6 is 11.3 Å². The van der Waals surface area contributed by atoms with Gasteiger partial charge in [0.05, 0.1) is 18.9 Å². The molecule has 4 nitrogen and oxygen atoms in total. The lowest BCUT2D eigenvalue weighted by Crippen LogP contribution is -2.08. The second-order valence-electron chi connectivity index (χ2n) is 2.85. The van der Waals surface area contributed by atoms with E-state index in [9.17, 15) is 4.79 Å². The van der Waals surface area contributed by atoms with Crippen LogP contribution in [-0.4, -0.2) is 17.7 Å². The smallest absolute Gasteiger partial charge is 0.348 e. The molecule has 70 valence electrons. The number of ether oxygens (including phenoxy) is 1. The van der Waals surface area contributed by atoms with Gasteiger partial charge >= 0.3 is 5.97 Å². The first-order valence-electron chi connectivity index (χ1n) is 3.91. The molecule has 3 N–H and O–H groups in total. The maximum absolute atomic E-state index is 10.7. The molecule has 0 atom stereocenters. The van der Waals surface area contributed by atoms with Crippen LogP contribution in [-0.2, 0) is 17.8 Å². The molecule has 1 aliphatic rings. The van der Waals surface area contributed by atoms with Crippen molar-refractivity contribution in [1.29, 1.82) is 0 Å². The normalized spacial score (nSPS) is 15.4. The summed E-state index contributed by atoms with van der Waals surface area (Å²) >= 11 is 1.27. The molecule has 0 fully saturated rings. The van der Waals surface area contributed by atoms with Gasteiger partial charge in [-0.1, -0.05) is 0 Å². The Kier molecular flexibility index (Phi) is 1.97. The second-order valence-corrected chi connectivity index (χ2v) is 3.96. The SMILES string of the molecule is Nc1c(C(=O)O)sc2c1COCC2. The molecule has 1 aliphatic heterocycles. The number of nitrogen functional groups attached to an aromatic ring is 1. The van der Waals surface area contributed by atoms with Crippen molar-refractivity contribution in [1.82, 2.24) is 0 Å². The first kappa shape index (κ1) is 8.52. The fourth-order valence-electron chi connectivity index (χ4n) is 1.39. The number of hydrogen-bond acceptors (Lipinski definition) is 4. The summed E-state index contributed by atoms with van der Waals surface area (Å²) in [5, 5.41) is 8.80. The van der Waals surface area contributed by atoms with Gasteiger partial charge in [0.2, 0.25) is 0 Å². The van der Waals surface area contributed by atoms with Crippen LogP contribution in [0.2, 0.25) is 0 Å². The van der Waals surface area contributed by atoms with Crippen molar-refractivity contribution in [3.8, 4) is 0 Å². The van der Waals surface area contributed by atoms with Crippen LogP contribution in [0.4, 0.5) is 5.69 Å². The lowest BCUT2D eigenvalue weighted by Gasteiger charge is -2.11. The van der Waals surface area contributed by atoms with Crippen molar-refractivity contribution >= 4 is 23.0 Å². The summed E-state index contributed by atoms with van der Waals surface area (Å²) in [6.45, 7) is 1.11. The number of aromatic carboxylic acids is 1. The third kappa shape index (κ3) is 1.30. The maximum atomic E-state index is 10.7. The van der Waals surface area contributed by atoms with E-state index in [0.717, 1.165) is 16.9 Å². The fraction of sp³-hybridized carbons (Fsp3) is 0.375. The van der Waals surface area contributed by atoms with Crippen LogP contribution in [0, 0.1) is 0 Å². The molecule has 1 aromatic rings. The van der Waals surface area contributed by atoms with Crippen molar-refractivity contribution in [2.24, 2.45) is 0 Å². The monoisotopic (exact) mass is 199 g/mol. The summed E-state index contributed by atoms with van der Waals surface area (Å²) in [5.41, 5.74) is 6.93. The van der Waals surface area contributed by atoms with E-state index in [1.807, 2.05) is 0 Å². The van der Waals surface area contributed by atoms with E-state index >= 15 is 0 Å². The number of hydrogen-bond donors (Lipinski definition) is 2. The van der Waals surface area contributed by atoms with E-state index in [1.165, 1.54) is 11.3 Å². The average molecular weight is 199 g/mol. The summed E-state index contributed by atoms with van der Waals surface area (Å²) in [4.78, 5) is 12.0. The van der Waals surface area contributed by atoms with Crippen LogP contribution in [0.25, 0.3) is 0 Å². The summed E-state index contributed by atoms with van der Waals surface area (Å²) in [6.07, 6.45) is 0.775. The van der Waals surface area contributed by atoms with Gasteiger partial charge in [0.1, 0.15) is 4.88 Å². The van der Waals surface area contributed by atoms with Gasteiger partial charge in [-0.15, -0.1) is 11.3 Å². The molecule has 0 spiro atoms. The van der Waals surface area contributed by atoms with Gasteiger partial charge in [-0.25, -0.2) is 4.79 Å². The highest BCUT2D eigenvalue weighted by molar-refractivity contribution is 7.14. The van der Waals surface area contributed by atoms with Crippen LogP contribution in [0.1, 0.15) is 20.1 Å². The summed E-state index contributed by atoms with van der Waals surface area (Å²) in [6, 6.07) is 0. The molecule has 0 unspecified atom stereocenters. The van der Waals surface area contributed by atoms with Gasteiger partial charge in [0, 0.05) is 16.9 Å². The molecule has 2 heterocycles.